The van der Waals surface area contributed by atoms with Gasteiger partial charge < -0.3 is 14.2 Å². The Morgan fingerprint density at radius 2 is 2.20 bits per heavy atom. The van der Waals surface area contributed by atoms with E-state index in [0.29, 0.717) is 44.5 Å². The molecule has 3 rings (SSSR count). The second-order valence-corrected chi connectivity index (χ2v) is 5.85. The highest BCUT2D eigenvalue weighted by molar-refractivity contribution is 5.93. The van der Waals surface area contributed by atoms with Gasteiger partial charge in [0.15, 0.2) is 5.82 Å². The molecule has 3 heterocycles. The molecular weight excluding hydrogens is 329 g/mol. The van der Waals surface area contributed by atoms with Crippen molar-refractivity contribution in [1.29, 1.82) is 0 Å². The van der Waals surface area contributed by atoms with Gasteiger partial charge in [-0.1, -0.05) is 5.16 Å². The molecule has 0 atom stereocenters. The highest BCUT2D eigenvalue weighted by Gasteiger charge is 2.22. The second-order valence-electron chi connectivity index (χ2n) is 5.85. The summed E-state index contributed by atoms with van der Waals surface area (Å²) >= 11 is 0. The van der Waals surface area contributed by atoms with Gasteiger partial charge in [-0.2, -0.15) is 4.98 Å². The fourth-order valence-corrected chi connectivity index (χ4v) is 2.78. The zero-order chi connectivity index (χ0) is 17.6. The van der Waals surface area contributed by atoms with E-state index in [-0.39, 0.29) is 11.5 Å². The van der Waals surface area contributed by atoms with E-state index < -0.39 is 5.82 Å². The molecule has 1 fully saturated rings. The maximum atomic E-state index is 13.3. The number of aromatic nitrogens is 3. The van der Waals surface area contributed by atoms with Crippen molar-refractivity contribution in [1.82, 2.24) is 24.9 Å². The van der Waals surface area contributed by atoms with Crippen LogP contribution in [0, 0.1) is 5.82 Å². The molecule has 1 aliphatic rings. The zero-order valence-corrected chi connectivity index (χ0v) is 14.0. The summed E-state index contributed by atoms with van der Waals surface area (Å²) in [5.41, 5.74) is 0.273. The molecule has 0 unspecified atom stereocenters. The Hall–Kier alpha value is -2.39. The van der Waals surface area contributed by atoms with Crippen LogP contribution in [0.3, 0.4) is 0 Å². The van der Waals surface area contributed by atoms with Crippen LogP contribution in [0.15, 0.2) is 23.0 Å². The Labute approximate surface area is 144 Å². The Bertz CT molecular complexity index is 723. The molecule has 2 aromatic rings. The van der Waals surface area contributed by atoms with Gasteiger partial charge in [0.05, 0.1) is 18.3 Å². The quantitative estimate of drug-likeness (QED) is 0.799. The smallest absolute Gasteiger partial charge is 0.255 e. The molecule has 0 radical (unpaired) electrons. The van der Waals surface area contributed by atoms with Crippen LogP contribution in [0.5, 0.6) is 0 Å². The van der Waals surface area contributed by atoms with Crippen LogP contribution in [0.2, 0.25) is 0 Å². The lowest BCUT2D eigenvalue weighted by molar-refractivity contribution is 0.0759. The van der Waals surface area contributed by atoms with Gasteiger partial charge in [-0.3, -0.25) is 14.7 Å². The lowest BCUT2D eigenvalue weighted by Gasteiger charge is -2.21. The lowest BCUT2D eigenvalue weighted by Crippen LogP contribution is -2.35. The summed E-state index contributed by atoms with van der Waals surface area (Å²) < 4.78 is 23.4. The van der Waals surface area contributed by atoms with Gasteiger partial charge in [0.1, 0.15) is 12.4 Å². The van der Waals surface area contributed by atoms with Gasteiger partial charge in [0, 0.05) is 39.5 Å². The van der Waals surface area contributed by atoms with Gasteiger partial charge in [0.25, 0.3) is 5.91 Å². The fraction of sp³-hybridized carbons (Fsp3) is 0.500. The molecule has 25 heavy (non-hydrogen) atoms. The number of hydrogen-bond acceptors (Lipinski definition) is 7. The predicted octanol–water partition coefficient (Wildman–Crippen LogP) is 1.10. The van der Waals surface area contributed by atoms with E-state index in [1.54, 1.807) is 12.0 Å². The fourth-order valence-electron chi connectivity index (χ4n) is 2.78. The van der Waals surface area contributed by atoms with Gasteiger partial charge in [-0.05, 0) is 12.5 Å². The minimum Gasteiger partial charge on any atom is -0.377 e. The molecule has 0 aliphatic carbocycles. The lowest BCUT2D eigenvalue weighted by atomic mass is 10.2. The highest BCUT2D eigenvalue weighted by Crippen LogP contribution is 2.12. The van der Waals surface area contributed by atoms with Crippen LogP contribution in [0.1, 0.15) is 28.5 Å². The predicted molar refractivity (Wildman–Crippen MR) is 85.0 cm³/mol. The average molecular weight is 349 g/mol. The van der Waals surface area contributed by atoms with Crippen molar-refractivity contribution in [3.63, 3.8) is 0 Å². The van der Waals surface area contributed by atoms with E-state index in [1.807, 2.05) is 0 Å². The van der Waals surface area contributed by atoms with Crippen molar-refractivity contribution in [2.75, 3.05) is 33.3 Å². The third-order valence-corrected chi connectivity index (χ3v) is 3.97. The molecule has 134 valence electrons. The van der Waals surface area contributed by atoms with Gasteiger partial charge in [-0.15, -0.1) is 0 Å². The minimum absolute atomic E-state index is 0.200. The van der Waals surface area contributed by atoms with Crippen LogP contribution in [0.25, 0.3) is 0 Å². The van der Waals surface area contributed by atoms with E-state index in [0.717, 1.165) is 19.2 Å². The number of ether oxygens (including phenoxy) is 1. The SMILES string of the molecule is COCc1noc(CN2CCCN(C(=O)c3cncc(F)c3)CC2)n1. The molecular formula is C16H20FN5O3. The molecule has 1 saturated heterocycles. The number of rotatable bonds is 5. The summed E-state index contributed by atoms with van der Waals surface area (Å²) in [6.45, 7) is 3.50. The normalized spacial score (nSPS) is 16.0. The molecule has 0 aromatic carbocycles. The first-order valence-electron chi connectivity index (χ1n) is 8.08. The molecule has 9 heteroatoms. The van der Waals surface area contributed by atoms with Crippen LogP contribution in [-0.4, -0.2) is 64.1 Å². The number of nitrogens with zero attached hydrogens (tertiary/aromatic N) is 5. The van der Waals surface area contributed by atoms with E-state index in [1.165, 1.54) is 12.3 Å². The summed E-state index contributed by atoms with van der Waals surface area (Å²) in [6.07, 6.45) is 3.29. The van der Waals surface area contributed by atoms with E-state index in [2.05, 4.69) is 20.0 Å². The molecule has 1 aliphatic heterocycles. The third kappa shape index (κ3) is 4.58. The van der Waals surface area contributed by atoms with Crippen LogP contribution >= 0.6 is 0 Å². The summed E-state index contributed by atoms with van der Waals surface area (Å²) in [7, 11) is 1.57. The van der Waals surface area contributed by atoms with E-state index in [4.69, 9.17) is 9.26 Å². The van der Waals surface area contributed by atoms with Crippen LogP contribution in [-0.2, 0) is 17.9 Å². The highest BCUT2D eigenvalue weighted by atomic mass is 19.1. The van der Waals surface area contributed by atoms with E-state index in [9.17, 15) is 9.18 Å². The third-order valence-electron chi connectivity index (χ3n) is 3.97. The van der Waals surface area contributed by atoms with Crippen molar-refractivity contribution >= 4 is 5.91 Å². The minimum atomic E-state index is -0.509. The Morgan fingerprint density at radius 1 is 1.32 bits per heavy atom. The summed E-state index contributed by atoms with van der Waals surface area (Å²) in [4.78, 5) is 24.4. The first kappa shape index (κ1) is 17.4. The Balaban J connectivity index is 1.57. The monoisotopic (exact) mass is 349 g/mol. The summed E-state index contributed by atoms with van der Waals surface area (Å²) in [5.74, 6) is 0.337. The number of halogens is 1. The van der Waals surface area contributed by atoms with Crippen molar-refractivity contribution in [3.05, 3.63) is 41.6 Å². The second kappa shape index (κ2) is 8.13. The summed E-state index contributed by atoms with van der Waals surface area (Å²) in [6, 6.07) is 1.22. The molecule has 8 nitrogen and oxygen atoms in total. The molecule has 0 bridgehead atoms. The number of hydrogen-bond donors (Lipinski definition) is 0. The maximum Gasteiger partial charge on any atom is 0.255 e. The van der Waals surface area contributed by atoms with Gasteiger partial charge in [0.2, 0.25) is 5.89 Å². The number of amides is 1. The topological polar surface area (TPSA) is 84.6 Å². The largest absolute Gasteiger partial charge is 0.377 e. The first-order valence-corrected chi connectivity index (χ1v) is 8.08. The van der Waals surface area contributed by atoms with Crippen molar-refractivity contribution in [2.45, 2.75) is 19.6 Å². The number of carbonyl (C=O) groups is 1. The molecule has 0 saturated carbocycles. The van der Waals surface area contributed by atoms with Gasteiger partial charge >= 0.3 is 0 Å². The van der Waals surface area contributed by atoms with Crippen molar-refractivity contribution < 1.29 is 18.4 Å². The molecule has 2 aromatic heterocycles. The number of carbonyl (C=O) groups excluding carboxylic acids is 1. The molecule has 0 spiro atoms. The van der Waals surface area contributed by atoms with Crippen LogP contribution in [0.4, 0.5) is 4.39 Å². The van der Waals surface area contributed by atoms with Crippen LogP contribution < -0.4 is 0 Å². The van der Waals surface area contributed by atoms with Crippen molar-refractivity contribution in [2.24, 2.45) is 0 Å². The zero-order valence-electron chi connectivity index (χ0n) is 14.0. The molecule has 0 N–H and O–H groups in total. The molecule has 1 amide bonds. The maximum absolute atomic E-state index is 13.3. The Kier molecular flexibility index (Phi) is 5.67. The standard InChI is InChI=1S/C16H20FN5O3/c1-24-11-14-19-15(25-20-14)10-21-3-2-4-22(6-5-21)16(23)12-7-13(17)9-18-8-12/h7-9H,2-6,10-11H2,1H3. The van der Waals surface area contributed by atoms with E-state index >= 15 is 0 Å². The first-order chi connectivity index (χ1) is 12.2. The number of methoxy groups -OCH3 is 1. The Morgan fingerprint density at radius 3 is 3.00 bits per heavy atom. The van der Waals surface area contributed by atoms with Gasteiger partial charge in [-0.25, -0.2) is 4.39 Å². The number of pyridine rings is 1. The summed E-state index contributed by atoms with van der Waals surface area (Å²) in [5, 5.41) is 3.84. The van der Waals surface area contributed by atoms with Crippen molar-refractivity contribution in [3.8, 4) is 0 Å². The average Bonchev–Trinajstić information content (AvgIpc) is 2.90.